The second kappa shape index (κ2) is 6.91. The van der Waals surface area contributed by atoms with Crippen LogP contribution in [0.4, 0.5) is 4.39 Å². The molecule has 2 aromatic carbocycles. The van der Waals surface area contributed by atoms with Crippen LogP contribution in [0.25, 0.3) is 11.0 Å². The number of para-hydroxylation sites is 2. The third-order valence-corrected chi connectivity index (χ3v) is 3.98. The number of rotatable bonds is 5. The smallest absolute Gasteiger partial charge is 0.254 e. The van der Waals surface area contributed by atoms with Crippen LogP contribution < -0.4 is 5.32 Å². The lowest BCUT2D eigenvalue weighted by Gasteiger charge is -2.06. The molecule has 0 saturated carbocycles. The van der Waals surface area contributed by atoms with Gasteiger partial charge in [-0.2, -0.15) is 0 Å². The van der Waals surface area contributed by atoms with E-state index in [0.717, 1.165) is 29.7 Å². The summed E-state index contributed by atoms with van der Waals surface area (Å²) >= 11 is 3.23. The van der Waals surface area contributed by atoms with Crippen LogP contribution in [0.1, 0.15) is 22.6 Å². The molecule has 0 saturated heterocycles. The van der Waals surface area contributed by atoms with Crippen molar-refractivity contribution < 1.29 is 9.18 Å². The Morgan fingerprint density at radius 1 is 1.26 bits per heavy atom. The van der Waals surface area contributed by atoms with Crippen LogP contribution in [0.5, 0.6) is 0 Å². The Morgan fingerprint density at radius 2 is 2.09 bits per heavy atom. The third-order valence-electron chi connectivity index (χ3n) is 3.49. The average Bonchev–Trinajstić information content (AvgIpc) is 2.96. The Bertz CT molecular complexity index is 814. The summed E-state index contributed by atoms with van der Waals surface area (Å²) in [7, 11) is 0. The number of benzene rings is 2. The summed E-state index contributed by atoms with van der Waals surface area (Å²) in [5.74, 6) is -0.0505. The van der Waals surface area contributed by atoms with E-state index in [2.05, 4.69) is 31.2 Å². The number of hydrogen-bond donors (Lipinski definition) is 2. The molecule has 3 rings (SSSR count). The van der Waals surface area contributed by atoms with E-state index in [1.54, 1.807) is 6.07 Å². The highest BCUT2D eigenvalue weighted by molar-refractivity contribution is 9.10. The van der Waals surface area contributed by atoms with Crippen molar-refractivity contribution in [3.63, 3.8) is 0 Å². The molecular weight excluding hydrogens is 361 g/mol. The lowest BCUT2D eigenvalue weighted by atomic mass is 10.2. The molecule has 0 aliphatic rings. The van der Waals surface area contributed by atoms with Gasteiger partial charge in [-0.3, -0.25) is 4.79 Å². The maximum atomic E-state index is 13.6. The molecular formula is C17H15BrFN3O. The number of H-pyrrole nitrogens is 1. The largest absolute Gasteiger partial charge is 0.352 e. The summed E-state index contributed by atoms with van der Waals surface area (Å²) in [4.78, 5) is 19.7. The van der Waals surface area contributed by atoms with Gasteiger partial charge in [0.05, 0.1) is 16.6 Å². The minimum absolute atomic E-state index is 0.0445. The number of fused-ring (bicyclic) bond motifs is 1. The highest BCUT2D eigenvalue weighted by Gasteiger charge is 2.11. The van der Waals surface area contributed by atoms with Gasteiger partial charge in [-0.15, -0.1) is 0 Å². The zero-order valence-corrected chi connectivity index (χ0v) is 13.9. The topological polar surface area (TPSA) is 57.8 Å². The van der Waals surface area contributed by atoms with Crippen molar-refractivity contribution in [2.75, 3.05) is 6.54 Å². The number of aromatic nitrogens is 2. The highest BCUT2D eigenvalue weighted by atomic mass is 79.9. The second-order valence-corrected chi connectivity index (χ2v) is 6.10. The number of amides is 1. The fraction of sp³-hybridized carbons (Fsp3) is 0.176. The summed E-state index contributed by atoms with van der Waals surface area (Å²) in [6.45, 7) is 0.460. The number of nitrogens with one attached hydrogen (secondary N) is 2. The number of halogens is 2. The van der Waals surface area contributed by atoms with E-state index in [4.69, 9.17) is 0 Å². The minimum atomic E-state index is -0.525. The van der Waals surface area contributed by atoms with Crippen molar-refractivity contribution >= 4 is 32.9 Å². The number of imidazole rings is 1. The molecule has 0 fully saturated rings. The van der Waals surface area contributed by atoms with Gasteiger partial charge in [0.25, 0.3) is 5.91 Å². The summed E-state index contributed by atoms with van der Waals surface area (Å²) < 4.78 is 14.3. The maximum absolute atomic E-state index is 13.6. The monoisotopic (exact) mass is 375 g/mol. The molecule has 23 heavy (non-hydrogen) atoms. The van der Waals surface area contributed by atoms with E-state index < -0.39 is 11.7 Å². The van der Waals surface area contributed by atoms with Crippen LogP contribution in [-0.4, -0.2) is 22.4 Å². The molecule has 1 amide bonds. The summed E-state index contributed by atoms with van der Waals surface area (Å²) in [5, 5.41) is 2.73. The first-order chi connectivity index (χ1) is 11.1. The van der Waals surface area contributed by atoms with E-state index in [9.17, 15) is 9.18 Å². The molecule has 0 atom stereocenters. The second-order valence-electron chi connectivity index (χ2n) is 5.18. The molecule has 0 aliphatic carbocycles. The standard InChI is InChI=1S/C17H15BrFN3O/c18-11-7-8-13(19)12(10-11)17(23)20-9-3-6-16-21-14-4-1-2-5-15(14)22-16/h1-2,4-5,7-8,10H,3,6,9H2,(H,20,23)(H,21,22). The lowest BCUT2D eigenvalue weighted by molar-refractivity contribution is 0.0949. The summed E-state index contributed by atoms with van der Waals surface area (Å²) in [5.41, 5.74) is 1.98. The van der Waals surface area contributed by atoms with Crippen molar-refractivity contribution in [1.82, 2.24) is 15.3 Å². The molecule has 1 aromatic heterocycles. The van der Waals surface area contributed by atoms with E-state index in [-0.39, 0.29) is 5.56 Å². The predicted octanol–water partition coefficient (Wildman–Crippen LogP) is 3.83. The molecule has 0 bridgehead atoms. The molecule has 0 aliphatic heterocycles. The van der Waals surface area contributed by atoms with Gasteiger partial charge in [-0.05, 0) is 36.8 Å². The van der Waals surface area contributed by atoms with Gasteiger partial charge < -0.3 is 10.3 Å². The number of aromatic amines is 1. The Hall–Kier alpha value is -2.21. The van der Waals surface area contributed by atoms with Crippen molar-refractivity contribution in [1.29, 1.82) is 0 Å². The Morgan fingerprint density at radius 3 is 2.91 bits per heavy atom. The molecule has 0 spiro atoms. The van der Waals surface area contributed by atoms with Crippen LogP contribution in [0.3, 0.4) is 0 Å². The highest BCUT2D eigenvalue weighted by Crippen LogP contribution is 2.15. The average molecular weight is 376 g/mol. The van der Waals surface area contributed by atoms with Gasteiger partial charge in [-0.1, -0.05) is 28.1 Å². The van der Waals surface area contributed by atoms with Gasteiger partial charge >= 0.3 is 0 Å². The first kappa shape index (κ1) is 15.7. The normalized spacial score (nSPS) is 10.9. The van der Waals surface area contributed by atoms with Crippen LogP contribution in [0.2, 0.25) is 0 Å². The van der Waals surface area contributed by atoms with Crippen LogP contribution in [-0.2, 0) is 6.42 Å². The Balaban J connectivity index is 1.53. The zero-order chi connectivity index (χ0) is 16.2. The SMILES string of the molecule is O=C(NCCCc1nc2ccccc2[nH]1)c1cc(Br)ccc1F. The molecule has 0 radical (unpaired) electrons. The Labute approximate surface area is 141 Å². The van der Waals surface area contributed by atoms with Crippen LogP contribution in [0.15, 0.2) is 46.9 Å². The van der Waals surface area contributed by atoms with Crippen molar-refractivity contribution in [3.8, 4) is 0 Å². The quantitative estimate of drug-likeness (QED) is 0.665. The first-order valence-electron chi connectivity index (χ1n) is 7.30. The fourth-order valence-electron chi connectivity index (χ4n) is 2.35. The number of carbonyl (C=O) groups is 1. The third kappa shape index (κ3) is 3.76. The van der Waals surface area contributed by atoms with E-state index >= 15 is 0 Å². The van der Waals surface area contributed by atoms with E-state index in [0.29, 0.717) is 11.0 Å². The van der Waals surface area contributed by atoms with Gasteiger partial charge in [0.2, 0.25) is 0 Å². The van der Waals surface area contributed by atoms with Crippen molar-refractivity contribution in [3.05, 3.63) is 64.1 Å². The van der Waals surface area contributed by atoms with Gasteiger partial charge in [0.1, 0.15) is 11.6 Å². The van der Waals surface area contributed by atoms with Gasteiger partial charge in [0.15, 0.2) is 0 Å². The van der Waals surface area contributed by atoms with E-state index in [1.165, 1.54) is 12.1 Å². The minimum Gasteiger partial charge on any atom is -0.352 e. The lowest BCUT2D eigenvalue weighted by Crippen LogP contribution is -2.25. The number of carbonyl (C=O) groups excluding carboxylic acids is 1. The maximum Gasteiger partial charge on any atom is 0.254 e. The van der Waals surface area contributed by atoms with Crippen LogP contribution >= 0.6 is 15.9 Å². The fourth-order valence-corrected chi connectivity index (χ4v) is 2.71. The molecule has 6 heteroatoms. The van der Waals surface area contributed by atoms with Crippen molar-refractivity contribution in [2.24, 2.45) is 0 Å². The summed E-state index contributed by atoms with van der Waals surface area (Å²) in [6, 6.07) is 12.1. The van der Waals surface area contributed by atoms with Gasteiger partial charge in [0, 0.05) is 17.4 Å². The molecule has 118 valence electrons. The molecule has 3 aromatic rings. The zero-order valence-electron chi connectivity index (χ0n) is 12.3. The first-order valence-corrected chi connectivity index (χ1v) is 8.09. The molecule has 1 heterocycles. The predicted molar refractivity (Wildman–Crippen MR) is 90.8 cm³/mol. The number of nitrogens with zero attached hydrogens (tertiary/aromatic N) is 1. The van der Waals surface area contributed by atoms with Crippen molar-refractivity contribution in [2.45, 2.75) is 12.8 Å². The van der Waals surface area contributed by atoms with Gasteiger partial charge in [-0.25, -0.2) is 9.37 Å². The number of aryl methyl sites for hydroxylation is 1. The summed E-state index contributed by atoms with van der Waals surface area (Å²) in [6.07, 6.45) is 1.44. The Kier molecular flexibility index (Phi) is 4.71. The molecule has 0 unspecified atom stereocenters. The number of hydrogen-bond acceptors (Lipinski definition) is 2. The van der Waals surface area contributed by atoms with Crippen LogP contribution in [0, 0.1) is 5.82 Å². The molecule has 2 N–H and O–H groups in total. The van der Waals surface area contributed by atoms with E-state index in [1.807, 2.05) is 24.3 Å². The molecule has 4 nitrogen and oxygen atoms in total.